The Bertz CT molecular complexity index is 971. The molecule has 1 saturated heterocycles. The average molecular weight is 778 g/mol. The number of aliphatic hydroxyl groups excluding tert-OH is 3. The van der Waals surface area contributed by atoms with Gasteiger partial charge >= 0.3 is 0 Å². The zero-order valence-electron chi connectivity index (χ0n) is 35.2. The maximum absolute atomic E-state index is 12.5. The quantitative estimate of drug-likeness (QED) is 0.113. The molecule has 0 aromatic heterocycles. The van der Waals surface area contributed by atoms with Crippen molar-refractivity contribution in [2.24, 2.45) is 29.6 Å². The number of amides is 2. The molecule has 320 valence electrons. The highest BCUT2D eigenvalue weighted by Gasteiger charge is 2.44. The second-order valence-corrected chi connectivity index (χ2v) is 18.2. The van der Waals surface area contributed by atoms with Crippen molar-refractivity contribution in [3.8, 4) is 0 Å². The Morgan fingerprint density at radius 1 is 0.636 bits per heavy atom. The van der Waals surface area contributed by atoms with Crippen molar-refractivity contribution in [3.05, 3.63) is 0 Å². The topological polar surface area (TPSA) is 149 Å². The van der Waals surface area contributed by atoms with E-state index in [-0.39, 0.29) is 5.91 Å². The van der Waals surface area contributed by atoms with E-state index >= 15 is 0 Å². The summed E-state index contributed by atoms with van der Waals surface area (Å²) in [6.07, 6.45) is 31.6. The van der Waals surface area contributed by atoms with E-state index in [2.05, 4.69) is 16.0 Å². The molecule has 0 radical (unpaired) electrons. The molecule has 6 rings (SSSR count). The number of ether oxygens (including phenoxy) is 2. The molecule has 1 heterocycles. The minimum atomic E-state index is -1.23. The summed E-state index contributed by atoms with van der Waals surface area (Å²) in [5.41, 5.74) is 0. The van der Waals surface area contributed by atoms with Gasteiger partial charge in [0.25, 0.3) is 0 Å². The lowest BCUT2D eigenvalue weighted by atomic mass is 9.73. The summed E-state index contributed by atoms with van der Waals surface area (Å²) in [5.74, 6) is 3.15. The second-order valence-electron chi connectivity index (χ2n) is 18.2. The highest BCUT2D eigenvalue weighted by molar-refractivity contribution is 5.88. The van der Waals surface area contributed by atoms with E-state index in [4.69, 9.17) is 9.47 Å². The van der Waals surface area contributed by atoms with E-state index in [9.17, 15) is 24.9 Å². The predicted molar refractivity (Wildman–Crippen MR) is 219 cm³/mol. The van der Waals surface area contributed by atoms with Crippen LogP contribution in [0.5, 0.6) is 0 Å². The number of nitrogens with one attached hydrogen (secondary N) is 3. The van der Waals surface area contributed by atoms with Crippen LogP contribution in [0.2, 0.25) is 0 Å². The summed E-state index contributed by atoms with van der Waals surface area (Å²) in [6.45, 7) is 5.39. The highest BCUT2D eigenvalue weighted by atomic mass is 16.6. The molecule has 10 heteroatoms. The summed E-state index contributed by atoms with van der Waals surface area (Å²) in [5, 5.41) is 38.4. The van der Waals surface area contributed by atoms with Crippen LogP contribution in [0.25, 0.3) is 0 Å². The number of hydrogen-bond donors (Lipinski definition) is 6. The number of carbonyl (C=O) groups is 2. The van der Waals surface area contributed by atoms with Gasteiger partial charge in [-0.05, 0) is 50.4 Å². The Labute approximate surface area is 334 Å². The molecule has 5 aliphatic carbocycles. The van der Waals surface area contributed by atoms with Gasteiger partial charge in [0, 0.05) is 25.0 Å². The first-order valence-corrected chi connectivity index (χ1v) is 23.3. The van der Waals surface area contributed by atoms with E-state index in [1.54, 1.807) is 65.2 Å². The van der Waals surface area contributed by atoms with Crippen molar-refractivity contribution in [3.63, 3.8) is 0 Å². The van der Waals surface area contributed by atoms with Crippen molar-refractivity contribution in [2.75, 3.05) is 19.7 Å². The predicted octanol–water partition coefficient (Wildman–Crippen LogP) is 7.30. The van der Waals surface area contributed by atoms with Gasteiger partial charge in [-0.3, -0.25) is 9.59 Å². The fraction of sp³-hybridized carbons (Fsp3) is 0.956. The maximum Gasteiger partial charge on any atom is 0.249 e. The lowest BCUT2D eigenvalue weighted by Gasteiger charge is -2.41. The molecule has 2 amide bonds. The van der Waals surface area contributed by atoms with Gasteiger partial charge in [0.15, 0.2) is 6.29 Å². The first-order valence-electron chi connectivity index (χ1n) is 23.3. The van der Waals surface area contributed by atoms with Crippen LogP contribution in [0, 0.1) is 29.6 Å². The molecule has 0 spiro atoms. The smallest absolute Gasteiger partial charge is 0.249 e. The van der Waals surface area contributed by atoms with Crippen LogP contribution < -0.4 is 16.0 Å². The zero-order valence-corrected chi connectivity index (χ0v) is 35.2. The third kappa shape index (κ3) is 16.1. The standard InChI is InChI=1S/C21H39N3O7.2C12H22/c1-12-18(17(26)16(11-25)31-21(12)29)30-14(3)20(28)24-13(2)19(27)23-10-9-22-15-7-5-4-6-8-15;2*1-3-7-11(8-4-1)12-9-5-2-6-10-12/h12-18,21-22,25-26,29H,4-11H2,1-3H3,(H,23,27)(H,24,28);2*11-12H,1-10H2/t12-,13-,14+,16?,17?,18+,21?;;/m0../s1. The molecule has 6 aliphatic rings. The molecule has 1 aliphatic heterocycles. The molecular formula is C45H83N3O7. The maximum atomic E-state index is 12.5. The number of rotatable bonds is 12. The van der Waals surface area contributed by atoms with Crippen molar-refractivity contribution in [1.82, 2.24) is 16.0 Å². The Balaban J connectivity index is 0.000000225. The lowest BCUT2D eigenvalue weighted by molar-refractivity contribution is -0.278. The Hall–Kier alpha value is -1.30. The lowest BCUT2D eigenvalue weighted by Crippen LogP contribution is -2.57. The highest BCUT2D eigenvalue weighted by Crippen LogP contribution is 2.39. The minimum absolute atomic E-state index is 0.291. The zero-order chi connectivity index (χ0) is 39.4. The van der Waals surface area contributed by atoms with Crippen LogP contribution in [0.3, 0.4) is 0 Å². The monoisotopic (exact) mass is 778 g/mol. The summed E-state index contributed by atoms with van der Waals surface area (Å²) >= 11 is 0. The van der Waals surface area contributed by atoms with E-state index in [1.807, 2.05) is 0 Å². The number of carbonyl (C=O) groups excluding carboxylic acids is 2. The van der Waals surface area contributed by atoms with Gasteiger partial charge in [-0.2, -0.15) is 0 Å². The summed E-state index contributed by atoms with van der Waals surface area (Å²) in [6, 6.07) is -0.228. The van der Waals surface area contributed by atoms with Gasteiger partial charge in [0.05, 0.1) is 12.7 Å². The average Bonchev–Trinajstić information content (AvgIpc) is 3.24. The largest absolute Gasteiger partial charge is 0.394 e. The fourth-order valence-corrected chi connectivity index (χ4v) is 10.5. The number of aliphatic hydroxyl groups is 3. The molecule has 0 bridgehead atoms. The molecule has 6 N–H and O–H groups in total. The van der Waals surface area contributed by atoms with Crippen molar-refractivity contribution in [1.29, 1.82) is 0 Å². The normalized spacial score (nSPS) is 30.5. The second kappa shape index (κ2) is 25.9. The fourth-order valence-electron chi connectivity index (χ4n) is 10.5. The minimum Gasteiger partial charge on any atom is -0.394 e. The first kappa shape index (κ1) is 46.4. The van der Waals surface area contributed by atoms with Gasteiger partial charge in [0.2, 0.25) is 11.8 Å². The summed E-state index contributed by atoms with van der Waals surface area (Å²) in [4.78, 5) is 24.7. The van der Waals surface area contributed by atoms with E-state index in [0.717, 1.165) is 23.7 Å². The van der Waals surface area contributed by atoms with Gasteiger partial charge < -0.3 is 40.7 Å². The van der Waals surface area contributed by atoms with Gasteiger partial charge in [-0.25, -0.2) is 0 Å². The molecule has 10 nitrogen and oxygen atoms in total. The van der Waals surface area contributed by atoms with Gasteiger partial charge in [-0.15, -0.1) is 0 Å². The van der Waals surface area contributed by atoms with Crippen LogP contribution in [0.4, 0.5) is 0 Å². The molecule has 0 aromatic carbocycles. The van der Waals surface area contributed by atoms with Crippen LogP contribution in [0.1, 0.15) is 181 Å². The molecule has 7 atom stereocenters. The van der Waals surface area contributed by atoms with Crippen LogP contribution >= 0.6 is 0 Å². The van der Waals surface area contributed by atoms with Crippen molar-refractivity contribution >= 4 is 11.8 Å². The third-order valence-electron chi connectivity index (χ3n) is 14.1. The van der Waals surface area contributed by atoms with Crippen molar-refractivity contribution in [2.45, 2.75) is 224 Å². The van der Waals surface area contributed by atoms with E-state index < -0.39 is 55.2 Å². The molecule has 5 saturated carbocycles. The first-order chi connectivity index (χ1) is 26.7. The molecular weight excluding hydrogens is 695 g/mol. The van der Waals surface area contributed by atoms with Crippen LogP contribution in [-0.4, -0.2) is 89.6 Å². The molecule has 6 fully saturated rings. The molecule has 0 aromatic rings. The van der Waals surface area contributed by atoms with E-state index in [1.165, 1.54) is 116 Å². The Kier molecular flexibility index (Phi) is 21.9. The number of hydrogen-bond acceptors (Lipinski definition) is 8. The van der Waals surface area contributed by atoms with Crippen LogP contribution in [0.15, 0.2) is 0 Å². The third-order valence-corrected chi connectivity index (χ3v) is 14.1. The summed E-state index contributed by atoms with van der Waals surface area (Å²) < 4.78 is 10.8. The molecule has 3 unspecified atom stereocenters. The Morgan fingerprint density at radius 3 is 1.47 bits per heavy atom. The van der Waals surface area contributed by atoms with Gasteiger partial charge in [0.1, 0.15) is 24.4 Å². The van der Waals surface area contributed by atoms with Gasteiger partial charge in [-0.1, -0.05) is 155 Å². The SMILES string of the molecule is C1CCC(C2CCCCC2)CC1.C1CCC(C2CCCCC2)CC1.C[C@H](NC(=O)[C@@H](C)O[C@H]1C(O)C(CO)OC(O)[C@H]1C)C(=O)NCCNC1CCCCC1. The van der Waals surface area contributed by atoms with E-state index in [0.29, 0.717) is 19.1 Å². The van der Waals surface area contributed by atoms with Crippen molar-refractivity contribution < 1.29 is 34.4 Å². The summed E-state index contributed by atoms with van der Waals surface area (Å²) in [7, 11) is 0. The Morgan fingerprint density at radius 2 is 1.05 bits per heavy atom. The van der Waals surface area contributed by atoms with Crippen LogP contribution in [-0.2, 0) is 19.1 Å². The molecule has 55 heavy (non-hydrogen) atoms.